The Balaban J connectivity index is 2.22. The van der Waals surface area contributed by atoms with Crippen LogP contribution in [-0.2, 0) is 9.53 Å². The summed E-state index contributed by atoms with van der Waals surface area (Å²) in [5.74, 6) is -0.636. The molecule has 1 N–H and O–H groups in total. The molecule has 0 fully saturated rings. The van der Waals surface area contributed by atoms with E-state index in [1.54, 1.807) is 32.0 Å². The van der Waals surface area contributed by atoms with Gasteiger partial charge in [-0.3, -0.25) is 9.59 Å². The number of esters is 1. The molecule has 0 bridgehead atoms. The molecule has 0 aliphatic rings. The van der Waals surface area contributed by atoms with E-state index < -0.39 is 6.04 Å². The maximum absolute atomic E-state index is 12.7. The number of carbonyl (C=O) groups excluding carboxylic acids is 2. The van der Waals surface area contributed by atoms with Gasteiger partial charge in [-0.2, -0.15) is 0 Å². The Morgan fingerprint density at radius 1 is 1.16 bits per heavy atom. The topological polar surface area (TPSA) is 55.4 Å². The van der Waals surface area contributed by atoms with E-state index in [0.29, 0.717) is 10.6 Å². The molecule has 25 heavy (non-hydrogen) atoms. The Morgan fingerprint density at radius 3 is 2.48 bits per heavy atom. The molecule has 4 nitrogen and oxygen atoms in total. The van der Waals surface area contributed by atoms with Crippen LogP contribution in [0.1, 0.15) is 42.2 Å². The molecule has 1 amide bonds. The third-order valence-electron chi connectivity index (χ3n) is 3.42. The molecule has 2 aromatic carbocycles. The van der Waals surface area contributed by atoms with E-state index in [1.807, 2.05) is 30.3 Å². The SMILES string of the molecule is CC(C)OC(=O)CC(NC(=O)c1cc(Cl)ccc1I)c1ccccc1. The Morgan fingerprint density at radius 2 is 1.84 bits per heavy atom. The van der Waals surface area contributed by atoms with Crippen LogP contribution in [-0.4, -0.2) is 18.0 Å². The van der Waals surface area contributed by atoms with Gasteiger partial charge in [-0.1, -0.05) is 41.9 Å². The van der Waals surface area contributed by atoms with Crippen LogP contribution >= 0.6 is 34.2 Å². The minimum Gasteiger partial charge on any atom is -0.463 e. The van der Waals surface area contributed by atoms with Crippen LogP contribution in [0.2, 0.25) is 5.02 Å². The second-order valence-corrected chi connectivity index (χ2v) is 7.40. The molecule has 0 aromatic heterocycles. The Kier molecular flexibility index (Phi) is 7.25. The standard InChI is InChI=1S/C19H19ClINO3/c1-12(2)25-18(23)11-17(13-6-4-3-5-7-13)22-19(24)15-10-14(20)8-9-16(15)21/h3-10,12,17H,11H2,1-2H3,(H,22,24). The summed E-state index contributed by atoms with van der Waals surface area (Å²) in [7, 11) is 0. The molecule has 0 aliphatic heterocycles. The summed E-state index contributed by atoms with van der Waals surface area (Å²) in [6.45, 7) is 3.59. The first-order chi connectivity index (χ1) is 11.9. The first-order valence-corrected chi connectivity index (χ1v) is 9.33. The van der Waals surface area contributed by atoms with Crippen LogP contribution < -0.4 is 5.32 Å². The lowest BCUT2D eigenvalue weighted by atomic mass is 10.0. The molecule has 0 saturated heterocycles. The molecular weight excluding hydrogens is 453 g/mol. The van der Waals surface area contributed by atoms with Crippen LogP contribution in [0.4, 0.5) is 0 Å². The number of hydrogen-bond acceptors (Lipinski definition) is 3. The lowest BCUT2D eigenvalue weighted by molar-refractivity contribution is -0.147. The summed E-state index contributed by atoms with van der Waals surface area (Å²) in [5.41, 5.74) is 1.32. The van der Waals surface area contributed by atoms with Crippen LogP contribution in [0.15, 0.2) is 48.5 Å². The normalized spacial score (nSPS) is 11.9. The van der Waals surface area contributed by atoms with E-state index in [0.717, 1.165) is 9.13 Å². The number of carbonyl (C=O) groups is 2. The highest BCUT2D eigenvalue weighted by Crippen LogP contribution is 2.22. The smallest absolute Gasteiger partial charge is 0.308 e. The molecule has 1 atom stereocenters. The van der Waals surface area contributed by atoms with Gasteiger partial charge in [0.25, 0.3) is 5.91 Å². The monoisotopic (exact) mass is 471 g/mol. The summed E-state index contributed by atoms with van der Waals surface area (Å²) >= 11 is 8.08. The number of hydrogen-bond donors (Lipinski definition) is 1. The molecule has 0 aliphatic carbocycles. The maximum Gasteiger partial charge on any atom is 0.308 e. The van der Waals surface area contributed by atoms with Crippen molar-refractivity contribution >= 4 is 46.1 Å². The van der Waals surface area contributed by atoms with Crippen molar-refractivity contribution in [3.63, 3.8) is 0 Å². The summed E-state index contributed by atoms with van der Waals surface area (Å²) in [6.07, 6.45) is -0.140. The predicted molar refractivity (Wildman–Crippen MR) is 107 cm³/mol. The van der Waals surface area contributed by atoms with Crippen LogP contribution in [0.3, 0.4) is 0 Å². The predicted octanol–water partition coefficient (Wildman–Crippen LogP) is 4.76. The van der Waals surface area contributed by atoms with Crippen molar-refractivity contribution in [2.45, 2.75) is 32.4 Å². The van der Waals surface area contributed by atoms with E-state index in [2.05, 4.69) is 27.9 Å². The highest BCUT2D eigenvalue weighted by molar-refractivity contribution is 14.1. The number of benzene rings is 2. The van der Waals surface area contributed by atoms with Gasteiger partial charge in [0.2, 0.25) is 0 Å². The third-order valence-corrected chi connectivity index (χ3v) is 4.59. The van der Waals surface area contributed by atoms with Gasteiger partial charge < -0.3 is 10.1 Å². The maximum atomic E-state index is 12.7. The van der Waals surface area contributed by atoms with Crippen molar-refractivity contribution in [1.82, 2.24) is 5.32 Å². The minimum absolute atomic E-state index is 0.0606. The van der Waals surface area contributed by atoms with E-state index in [1.165, 1.54) is 0 Å². The second kappa shape index (κ2) is 9.20. The van der Waals surface area contributed by atoms with Crippen molar-refractivity contribution in [2.24, 2.45) is 0 Å². The zero-order valence-corrected chi connectivity index (χ0v) is 16.9. The first-order valence-electron chi connectivity index (χ1n) is 7.87. The van der Waals surface area contributed by atoms with Crippen molar-refractivity contribution < 1.29 is 14.3 Å². The van der Waals surface area contributed by atoms with Gasteiger partial charge in [0.15, 0.2) is 0 Å². The van der Waals surface area contributed by atoms with Gasteiger partial charge in [-0.25, -0.2) is 0 Å². The molecule has 2 aromatic rings. The number of nitrogens with one attached hydrogen (secondary N) is 1. The number of ether oxygens (including phenoxy) is 1. The van der Waals surface area contributed by atoms with Crippen LogP contribution in [0.5, 0.6) is 0 Å². The molecule has 0 radical (unpaired) electrons. The van der Waals surface area contributed by atoms with Gasteiger partial charge in [0, 0.05) is 8.59 Å². The number of amides is 1. The highest BCUT2D eigenvalue weighted by Gasteiger charge is 2.21. The highest BCUT2D eigenvalue weighted by atomic mass is 127. The van der Waals surface area contributed by atoms with Crippen LogP contribution in [0, 0.1) is 3.57 Å². The zero-order chi connectivity index (χ0) is 18.4. The summed E-state index contributed by atoms with van der Waals surface area (Å²) < 4.78 is 6.01. The Hall–Kier alpha value is -1.60. The number of halogens is 2. The Labute approximate surface area is 166 Å². The van der Waals surface area contributed by atoms with E-state index in [4.69, 9.17) is 16.3 Å². The first kappa shape index (κ1) is 19.7. The molecule has 6 heteroatoms. The summed E-state index contributed by atoms with van der Waals surface area (Å²) in [4.78, 5) is 24.8. The van der Waals surface area contributed by atoms with Crippen molar-refractivity contribution in [3.05, 3.63) is 68.3 Å². The van der Waals surface area contributed by atoms with E-state index in [-0.39, 0.29) is 24.4 Å². The fourth-order valence-corrected chi connectivity index (χ4v) is 3.08. The average molecular weight is 472 g/mol. The average Bonchev–Trinajstić information content (AvgIpc) is 2.56. The van der Waals surface area contributed by atoms with Crippen LogP contribution in [0.25, 0.3) is 0 Å². The molecular formula is C19H19ClINO3. The van der Waals surface area contributed by atoms with Crippen molar-refractivity contribution in [3.8, 4) is 0 Å². The molecule has 0 heterocycles. The lowest BCUT2D eigenvalue weighted by Gasteiger charge is -2.20. The fraction of sp³-hybridized carbons (Fsp3) is 0.263. The summed E-state index contributed by atoms with van der Waals surface area (Å²) in [6, 6.07) is 14.0. The lowest BCUT2D eigenvalue weighted by Crippen LogP contribution is -2.31. The zero-order valence-electron chi connectivity index (χ0n) is 14.0. The molecule has 0 spiro atoms. The van der Waals surface area contributed by atoms with Gasteiger partial charge in [-0.15, -0.1) is 0 Å². The van der Waals surface area contributed by atoms with Gasteiger partial charge in [0.05, 0.1) is 24.1 Å². The third kappa shape index (κ3) is 6.01. The number of rotatable bonds is 6. The largest absolute Gasteiger partial charge is 0.463 e. The molecule has 1 unspecified atom stereocenters. The van der Waals surface area contributed by atoms with E-state index in [9.17, 15) is 9.59 Å². The molecule has 2 rings (SSSR count). The van der Waals surface area contributed by atoms with E-state index >= 15 is 0 Å². The van der Waals surface area contributed by atoms with Gasteiger partial charge in [-0.05, 0) is 60.2 Å². The Bertz CT molecular complexity index is 750. The van der Waals surface area contributed by atoms with Gasteiger partial charge >= 0.3 is 5.97 Å². The minimum atomic E-state index is -0.477. The fourth-order valence-electron chi connectivity index (χ4n) is 2.32. The molecule has 0 saturated carbocycles. The summed E-state index contributed by atoms with van der Waals surface area (Å²) in [5, 5.41) is 3.41. The van der Waals surface area contributed by atoms with Gasteiger partial charge in [0.1, 0.15) is 0 Å². The van der Waals surface area contributed by atoms with Crippen molar-refractivity contribution in [2.75, 3.05) is 0 Å². The quantitative estimate of drug-likeness (QED) is 0.488. The second-order valence-electron chi connectivity index (χ2n) is 5.80. The molecule has 132 valence electrons. The van der Waals surface area contributed by atoms with Crippen molar-refractivity contribution in [1.29, 1.82) is 0 Å².